The van der Waals surface area contributed by atoms with Crippen molar-refractivity contribution in [3.63, 3.8) is 0 Å². The molecule has 0 atom stereocenters. The zero-order chi connectivity index (χ0) is 19.2. The Labute approximate surface area is 154 Å². The van der Waals surface area contributed by atoms with Crippen LogP contribution in [0.4, 0.5) is 17.6 Å². The van der Waals surface area contributed by atoms with E-state index in [9.17, 15) is 17.6 Å². The van der Waals surface area contributed by atoms with Crippen LogP contribution in [-0.2, 0) is 32.1 Å². The monoisotopic (exact) mass is 374 g/mol. The minimum Gasteiger partial charge on any atom is -0.337 e. The van der Waals surface area contributed by atoms with Gasteiger partial charge in [0.15, 0.2) is 5.83 Å². The topological polar surface area (TPSA) is 8.17 Å². The first-order chi connectivity index (χ1) is 12.8. The van der Waals surface area contributed by atoms with E-state index in [0.29, 0.717) is 13.0 Å². The van der Waals surface area contributed by atoms with Crippen LogP contribution >= 0.6 is 0 Å². The van der Waals surface area contributed by atoms with Crippen LogP contribution < -0.4 is 10.6 Å². The molecule has 0 unspecified atom stereocenters. The average molecular weight is 374 g/mol. The van der Waals surface area contributed by atoms with Crippen LogP contribution in [0, 0.1) is 0 Å². The number of aryl methyl sites for hydroxylation is 1. The highest BCUT2D eigenvalue weighted by Crippen LogP contribution is 2.29. The molecular formula is C21H18F4N2. The van der Waals surface area contributed by atoms with Crippen LogP contribution in [0.25, 0.3) is 11.8 Å². The molecule has 4 rings (SSSR count). The fourth-order valence-electron chi connectivity index (χ4n) is 3.77. The largest absolute Gasteiger partial charge is 0.416 e. The molecule has 27 heavy (non-hydrogen) atoms. The summed E-state index contributed by atoms with van der Waals surface area (Å²) < 4.78 is 53.9. The van der Waals surface area contributed by atoms with Crippen molar-refractivity contribution < 1.29 is 17.6 Å². The van der Waals surface area contributed by atoms with Gasteiger partial charge < -0.3 is 9.47 Å². The molecule has 1 aliphatic heterocycles. The average Bonchev–Trinajstić information content (AvgIpc) is 2.92. The van der Waals surface area contributed by atoms with Crippen molar-refractivity contribution in [1.29, 1.82) is 0 Å². The van der Waals surface area contributed by atoms with Crippen molar-refractivity contribution in [2.24, 2.45) is 0 Å². The number of alkyl halides is 3. The second-order valence-electron chi connectivity index (χ2n) is 7.01. The predicted molar refractivity (Wildman–Crippen MR) is 94.9 cm³/mol. The molecule has 1 aliphatic carbocycles. The number of hydrogen-bond donors (Lipinski definition) is 0. The van der Waals surface area contributed by atoms with Crippen LogP contribution in [0.2, 0.25) is 0 Å². The Kier molecular flexibility index (Phi) is 4.35. The molecule has 2 heterocycles. The van der Waals surface area contributed by atoms with E-state index in [1.165, 1.54) is 18.2 Å². The van der Waals surface area contributed by atoms with Gasteiger partial charge in [-0.1, -0.05) is 12.1 Å². The molecule has 2 aliphatic rings. The van der Waals surface area contributed by atoms with Gasteiger partial charge in [0.1, 0.15) is 5.35 Å². The molecule has 1 aromatic heterocycles. The minimum atomic E-state index is -4.32. The molecular weight excluding hydrogens is 356 g/mol. The van der Waals surface area contributed by atoms with E-state index in [1.54, 1.807) is 0 Å². The summed E-state index contributed by atoms with van der Waals surface area (Å²) in [5, 5.41) is 1.66. The van der Waals surface area contributed by atoms with Gasteiger partial charge in [0.2, 0.25) is 0 Å². The fourth-order valence-corrected chi connectivity index (χ4v) is 3.77. The predicted octanol–water partition coefficient (Wildman–Crippen LogP) is 2.92. The van der Waals surface area contributed by atoms with Gasteiger partial charge in [-0.25, -0.2) is 0 Å². The Bertz CT molecular complexity index is 1080. The van der Waals surface area contributed by atoms with Crippen LogP contribution in [0.3, 0.4) is 0 Å². The summed E-state index contributed by atoms with van der Waals surface area (Å²) in [5.41, 5.74) is 7.88. The minimum absolute atomic E-state index is 0.432. The third-order valence-electron chi connectivity index (χ3n) is 5.16. The molecule has 0 saturated carbocycles. The number of halogens is 4. The quantitative estimate of drug-likeness (QED) is 0.593. The first-order valence-electron chi connectivity index (χ1n) is 8.81. The van der Waals surface area contributed by atoms with Gasteiger partial charge >= 0.3 is 6.18 Å². The zero-order valence-electron chi connectivity index (χ0n) is 14.8. The molecule has 140 valence electrons. The third kappa shape index (κ3) is 3.40. The second-order valence-corrected chi connectivity index (χ2v) is 7.01. The van der Waals surface area contributed by atoms with Crippen molar-refractivity contribution in [1.82, 2.24) is 9.47 Å². The number of nitrogens with zero attached hydrogens (tertiary/aromatic N) is 2. The van der Waals surface area contributed by atoms with Crippen LogP contribution in [0.5, 0.6) is 0 Å². The Morgan fingerprint density at radius 3 is 2.56 bits per heavy atom. The van der Waals surface area contributed by atoms with Crippen LogP contribution in [-0.4, -0.2) is 23.1 Å². The second kappa shape index (κ2) is 6.58. The lowest BCUT2D eigenvalue weighted by Crippen LogP contribution is -2.32. The molecule has 0 radical (unpaired) electrons. The summed E-state index contributed by atoms with van der Waals surface area (Å²) in [5.74, 6) is -0.432. The molecule has 1 aromatic carbocycles. The summed E-state index contributed by atoms with van der Waals surface area (Å²) in [6, 6.07) is 5.26. The number of allylic oxidation sites excluding steroid dienone is 1. The van der Waals surface area contributed by atoms with E-state index in [-0.39, 0.29) is 0 Å². The SMILES string of the molecule is CN1CCc2c(c3c(n2CCc2ccc(C(F)(F)F)cc2)=C=C=C(F)C=3)C1. The van der Waals surface area contributed by atoms with Crippen molar-refractivity contribution >= 4 is 11.8 Å². The van der Waals surface area contributed by atoms with Gasteiger partial charge in [0, 0.05) is 37.0 Å². The maximum Gasteiger partial charge on any atom is 0.416 e. The van der Waals surface area contributed by atoms with Crippen molar-refractivity contribution in [2.75, 3.05) is 13.6 Å². The molecule has 2 nitrogen and oxygen atoms in total. The van der Waals surface area contributed by atoms with E-state index in [0.717, 1.165) is 59.0 Å². The molecule has 6 heteroatoms. The lowest BCUT2D eigenvalue weighted by molar-refractivity contribution is -0.137. The molecule has 2 aromatic rings. The molecule has 0 amide bonds. The van der Waals surface area contributed by atoms with Gasteiger partial charge in [-0.05, 0) is 54.3 Å². The van der Waals surface area contributed by atoms with Crippen LogP contribution in [0.1, 0.15) is 22.4 Å². The Balaban J connectivity index is 1.67. The highest BCUT2D eigenvalue weighted by Gasteiger charge is 2.30. The summed E-state index contributed by atoms with van der Waals surface area (Å²) in [4.78, 5) is 2.19. The molecule has 0 saturated heterocycles. The first kappa shape index (κ1) is 17.9. The number of benzene rings is 1. The highest BCUT2D eigenvalue weighted by atomic mass is 19.4. The van der Waals surface area contributed by atoms with E-state index in [1.807, 2.05) is 7.05 Å². The van der Waals surface area contributed by atoms with E-state index in [4.69, 9.17) is 0 Å². The van der Waals surface area contributed by atoms with Crippen molar-refractivity contribution in [2.45, 2.75) is 32.1 Å². The smallest absolute Gasteiger partial charge is 0.337 e. The van der Waals surface area contributed by atoms with Gasteiger partial charge in [0.25, 0.3) is 0 Å². The highest BCUT2D eigenvalue weighted by molar-refractivity contribution is 5.51. The van der Waals surface area contributed by atoms with Gasteiger partial charge in [0.05, 0.1) is 5.56 Å². The van der Waals surface area contributed by atoms with Gasteiger partial charge in [-0.3, -0.25) is 0 Å². The van der Waals surface area contributed by atoms with E-state index >= 15 is 0 Å². The molecule has 0 bridgehead atoms. The maximum absolute atomic E-state index is 13.7. The standard InChI is InChI=1S/C21H18F4N2/c1-26-10-9-20-18(13-26)17-12-16(22)6-7-19(17)27(20)11-8-14-2-4-15(5-3-14)21(23,24)25/h2-5,12H,8-11,13H2,1H3. The van der Waals surface area contributed by atoms with Gasteiger partial charge in [-0.2, -0.15) is 17.6 Å². The summed E-state index contributed by atoms with van der Waals surface area (Å²) >= 11 is 0. The Hall–Kier alpha value is -2.52. The number of rotatable bonds is 3. The van der Waals surface area contributed by atoms with Crippen LogP contribution in [0.15, 0.2) is 35.8 Å². The summed E-state index contributed by atoms with van der Waals surface area (Å²) in [6.45, 7) is 2.27. The van der Waals surface area contributed by atoms with Gasteiger partial charge in [-0.15, -0.1) is 0 Å². The molecule has 0 fully saturated rings. The lowest BCUT2D eigenvalue weighted by atomic mass is 10.1. The van der Waals surface area contributed by atoms with Crippen molar-refractivity contribution in [3.8, 4) is 0 Å². The normalized spacial score (nSPS) is 16.3. The summed E-state index contributed by atoms with van der Waals surface area (Å²) in [6.07, 6.45) is -1.38. The van der Waals surface area contributed by atoms with E-state index in [2.05, 4.69) is 20.9 Å². The Morgan fingerprint density at radius 2 is 1.85 bits per heavy atom. The first-order valence-corrected chi connectivity index (χ1v) is 8.81. The Morgan fingerprint density at radius 1 is 1.11 bits per heavy atom. The number of likely N-dealkylation sites (N-methyl/N-ethyl adjacent to an activating group) is 1. The fraction of sp³-hybridized carbons (Fsp3) is 0.333. The number of aromatic nitrogens is 1. The summed E-state index contributed by atoms with van der Waals surface area (Å²) in [7, 11) is 2.03. The zero-order valence-corrected chi connectivity index (χ0v) is 14.8. The number of hydrogen-bond acceptors (Lipinski definition) is 1. The molecule has 0 N–H and O–H groups in total. The third-order valence-corrected chi connectivity index (χ3v) is 5.16. The van der Waals surface area contributed by atoms with Crippen molar-refractivity contribution in [3.05, 3.63) is 68.8 Å². The number of fused-ring (bicyclic) bond motifs is 3. The lowest BCUT2D eigenvalue weighted by Gasteiger charge is -2.24. The van der Waals surface area contributed by atoms with E-state index < -0.39 is 17.6 Å². The maximum atomic E-state index is 13.7. The molecule has 0 spiro atoms.